The molecule has 0 aliphatic heterocycles. The van der Waals surface area contributed by atoms with Crippen molar-refractivity contribution in [3.05, 3.63) is 479 Å². The maximum Gasteiger partial charge on any atom is 1.00 e. The fourth-order valence-corrected chi connectivity index (χ4v) is 24.9. The smallest absolute Gasteiger partial charge is 0.343 e. The summed E-state index contributed by atoms with van der Waals surface area (Å²) >= 11 is 13.3. The third-order valence-electron chi connectivity index (χ3n) is 24.9. The Morgan fingerprint density at radius 3 is 0.612 bits per heavy atom. The van der Waals surface area contributed by atoms with E-state index >= 15 is 4.57 Å². The second-order valence-electron chi connectivity index (χ2n) is 32.5. The Morgan fingerprint density at radius 1 is 0.254 bits per heavy atom. The van der Waals surface area contributed by atoms with Gasteiger partial charge in [-0.1, -0.05) is 369 Å². The molecule has 0 saturated carbocycles. The molecule has 25 aromatic rings. The average molecular weight is 1870 g/mol. The van der Waals surface area contributed by atoms with Gasteiger partial charge in [-0.15, -0.1) is 23.2 Å². The summed E-state index contributed by atoms with van der Waals surface area (Å²) in [5, 5.41) is 33.5. The van der Waals surface area contributed by atoms with Crippen molar-refractivity contribution in [2.24, 2.45) is 0 Å². The van der Waals surface area contributed by atoms with Crippen LogP contribution in [0.5, 0.6) is 0 Å². The van der Waals surface area contributed by atoms with Crippen molar-refractivity contribution in [2.45, 2.75) is 19.8 Å². The van der Waals surface area contributed by atoms with E-state index in [1.54, 1.807) is 0 Å². The molecule has 0 atom stereocenters. The van der Waals surface area contributed by atoms with E-state index in [1.807, 2.05) is 60.7 Å². The molecule has 0 aliphatic carbocycles. The van der Waals surface area contributed by atoms with Gasteiger partial charge in [0, 0.05) is 119 Å². The number of para-hydroxylation sites is 12. The minimum Gasteiger partial charge on any atom is -0.343 e. The van der Waals surface area contributed by atoms with Crippen molar-refractivity contribution in [1.82, 2.24) is 27.4 Å². The van der Waals surface area contributed by atoms with E-state index in [2.05, 4.69) is 464 Å². The number of alkyl halides is 2. The first-order valence-electron chi connectivity index (χ1n) is 44.4. The molecule has 0 fully saturated rings. The third kappa shape index (κ3) is 16.6. The molecule has 0 aliphatic rings. The molecule has 134 heavy (non-hydrogen) atoms. The number of aromatic nitrogens is 6. The molecule has 15 heteroatoms. The zero-order valence-electron chi connectivity index (χ0n) is 73.8. The van der Waals surface area contributed by atoms with Gasteiger partial charge in [-0.2, -0.15) is 6.42 Å². The van der Waals surface area contributed by atoms with Gasteiger partial charge in [-0.25, -0.2) is 0 Å². The van der Waals surface area contributed by atoms with Gasteiger partial charge in [0.05, 0.1) is 71.5 Å². The van der Waals surface area contributed by atoms with Crippen molar-refractivity contribution in [3.8, 4) is 34.1 Å². The Morgan fingerprint density at radius 2 is 0.418 bits per heavy atom. The van der Waals surface area contributed by atoms with Crippen LogP contribution in [0.2, 0.25) is 0 Å². The van der Waals surface area contributed by atoms with Gasteiger partial charge in [0.1, 0.15) is 0 Å². The summed E-state index contributed by atoms with van der Waals surface area (Å²) in [7, 11) is -4.13. The SMILES string of the molecule is Brc1cc(-n2c3ccccc3c3ccccc32)cc(-n2c3ccccc3c3ccccc32)c1.ClCCl.O=P(c1ccccc1)(c1ccccc1)c1cc(-n2c3ccccc3c3ccccc32)cc(-n2c3ccccc3c3ccccc32)c1.OO.[CH2-]CCC.[Li+].c1ccc(P(c2ccccc2)c2cc(-n3c4ccccc4c4ccccc43)cc(-n3c4ccccc4c4ccccc43)c2)cc1. The standard InChI is InChI=1S/C42H29N2OP.C42H29N2P.C30H19BrN2.C4H9.CH2Cl2.Li.H2O2/c45-46(32-15-3-1-4-16-32,33-17-5-2-6-18-33)34-28-30(43-39-23-11-7-19-35(39)36-20-8-12-24-40(36)43)27-31(29-34)44-41-25-13-9-21-37(41)38-22-10-14-26-42(38)44;1-3-15-32(16-4-1)45(33-17-5-2-6-18-33)34-28-30(43-39-23-11-7-19-35(39)36-20-8-12-24-40(36)43)27-31(29-34)44-41-25-13-9-21-37(41)38-22-10-14-26-42(38)44;31-20-17-21(32-27-13-5-1-9-23(27)24-10-2-6-14-28(24)32)19-22(18-20)33-29-15-7-3-11-25(29)26-12-4-8-16-30(26)33;1-3-4-2;2-1-3;;1-2/h1-29H;1-29H;1-19H;1,3-4H2,2H3;1H2;;1-2H/q;;;-1;;+1;. The summed E-state index contributed by atoms with van der Waals surface area (Å²) in [6, 6.07) is 166. The second-order valence-corrected chi connectivity index (χ2v) is 39.3. The van der Waals surface area contributed by atoms with E-state index in [1.165, 1.54) is 142 Å². The fourth-order valence-electron chi connectivity index (χ4n) is 19.3. The molecule has 6 aromatic heterocycles. The van der Waals surface area contributed by atoms with Gasteiger partial charge in [0.15, 0.2) is 7.14 Å². The second kappa shape index (κ2) is 40.0. The molecule has 0 unspecified atom stereocenters. The van der Waals surface area contributed by atoms with Crippen molar-refractivity contribution in [3.63, 3.8) is 0 Å². The summed E-state index contributed by atoms with van der Waals surface area (Å²) in [5.41, 5.74) is 20.7. The van der Waals surface area contributed by atoms with Gasteiger partial charge in [-0.3, -0.25) is 10.5 Å². The normalized spacial score (nSPS) is 11.4. The Kier molecular flexibility index (Phi) is 26.7. The topological polar surface area (TPSA) is 87.1 Å². The average Bonchev–Trinajstić information content (AvgIpc) is 1.53. The first kappa shape index (κ1) is 89.4. The molecule has 646 valence electrons. The van der Waals surface area contributed by atoms with E-state index in [0.717, 1.165) is 71.6 Å². The van der Waals surface area contributed by atoms with Crippen molar-refractivity contribution in [2.75, 3.05) is 5.34 Å². The molecular formula is C119H90BrCl2LiN6O3P2. The predicted molar refractivity (Wildman–Crippen MR) is 573 cm³/mol. The number of halogens is 3. The van der Waals surface area contributed by atoms with Crippen LogP contribution < -0.4 is 50.7 Å². The zero-order valence-corrected chi connectivity index (χ0v) is 78.7. The number of benzene rings is 19. The third-order valence-corrected chi connectivity index (χ3v) is 30.8. The summed E-state index contributed by atoms with van der Waals surface area (Å²) in [5.74, 6) is 0. The quantitative estimate of drug-likeness (QED) is 0.0301. The molecule has 0 spiro atoms. The summed E-state index contributed by atoms with van der Waals surface area (Å²) < 4.78 is 31.2. The Hall–Kier alpha value is -13.8. The largest absolute Gasteiger partial charge is 1.00 e. The first-order valence-corrected chi connectivity index (χ1v) is 49.4. The van der Waals surface area contributed by atoms with E-state index in [4.69, 9.17) is 33.7 Å². The summed E-state index contributed by atoms with van der Waals surface area (Å²) in [4.78, 5) is 0. The summed E-state index contributed by atoms with van der Waals surface area (Å²) in [6.45, 7) is 5.72. The number of rotatable bonds is 13. The van der Waals surface area contributed by atoms with Gasteiger partial charge in [-0.05, 0) is 151 Å². The molecule has 0 amide bonds. The van der Waals surface area contributed by atoms with Crippen LogP contribution in [-0.2, 0) is 4.57 Å². The number of nitrogens with zero attached hydrogens (tertiary/aromatic N) is 6. The predicted octanol–water partition coefficient (Wildman–Crippen LogP) is 27.9. The summed E-state index contributed by atoms with van der Waals surface area (Å²) in [6.07, 6.45) is 2.28. The van der Waals surface area contributed by atoms with E-state index in [9.17, 15) is 0 Å². The Balaban J connectivity index is 0.000000125. The van der Waals surface area contributed by atoms with E-state index in [-0.39, 0.29) is 24.2 Å². The van der Waals surface area contributed by atoms with Crippen LogP contribution in [0, 0.1) is 6.92 Å². The first-order chi connectivity index (χ1) is 65.7. The van der Waals surface area contributed by atoms with Crippen LogP contribution in [0.3, 0.4) is 0 Å². The molecule has 9 nitrogen and oxygen atoms in total. The van der Waals surface area contributed by atoms with Crippen LogP contribution in [0.25, 0.3) is 165 Å². The molecule has 0 bridgehead atoms. The van der Waals surface area contributed by atoms with Crippen molar-refractivity contribution in [1.29, 1.82) is 0 Å². The Labute approximate surface area is 809 Å². The molecule has 0 radical (unpaired) electrons. The molecule has 19 aromatic carbocycles. The van der Waals surface area contributed by atoms with E-state index in [0.29, 0.717) is 0 Å². The maximum atomic E-state index is 15.9. The van der Waals surface area contributed by atoms with Crippen molar-refractivity contribution < 1.29 is 33.9 Å². The Bertz CT molecular complexity index is 7810. The van der Waals surface area contributed by atoms with Crippen LogP contribution in [-0.4, -0.2) is 43.3 Å². The molecule has 0 saturated heterocycles. The molecule has 6 heterocycles. The maximum absolute atomic E-state index is 15.9. The molecule has 25 rings (SSSR count). The number of fused-ring (bicyclic) bond motifs is 18. The number of hydrogen-bond donors (Lipinski definition) is 2. The zero-order chi connectivity index (χ0) is 90.5. The van der Waals surface area contributed by atoms with Gasteiger partial charge >= 0.3 is 18.9 Å². The monoisotopic (exact) mass is 1870 g/mol. The van der Waals surface area contributed by atoms with Crippen LogP contribution >= 0.6 is 54.2 Å². The minimum absolute atomic E-state index is 0. The number of unbranched alkanes of at least 4 members (excludes halogenated alkanes) is 1. The van der Waals surface area contributed by atoms with Gasteiger partial charge < -0.3 is 38.9 Å². The van der Waals surface area contributed by atoms with Crippen LogP contribution in [0.1, 0.15) is 19.8 Å². The van der Waals surface area contributed by atoms with Crippen LogP contribution in [0.15, 0.2) is 472 Å². The van der Waals surface area contributed by atoms with Gasteiger partial charge in [0.2, 0.25) is 0 Å². The number of hydrogen-bond acceptors (Lipinski definition) is 3. The molecule has 2 N–H and O–H groups in total. The van der Waals surface area contributed by atoms with Crippen molar-refractivity contribution >= 4 is 217 Å². The molecular weight excluding hydrogens is 1780 g/mol. The fraction of sp³-hybridized carbons (Fsp3) is 0.0336. The van der Waals surface area contributed by atoms with E-state index < -0.39 is 15.1 Å². The minimum atomic E-state index is -3.30. The van der Waals surface area contributed by atoms with Crippen LogP contribution in [0.4, 0.5) is 0 Å². The van der Waals surface area contributed by atoms with Gasteiger partial charge in [0.25, 0.3) is 0 Å².